The zero-order valence-electron chi connectivity index (χ0n) is 28.2. The topological polar surface area (TPSA) is 322 Å². The van der Waals surface area contributed by atoms with E-state index in [0.717, 1.165) is 11.3 Å². The maximum Gasteiger partial charge on any atom is 0.418 e. The SMILES string of the molecule is CC1(C)[C@H](NC(=O)/C(=N\O[C@](C)(C(=O)O)[C@H]2CCc3cc(C(=N)NC4CC(N)(C[C@@H](O)CO)C4)ccc3O2)c2csc(N)n2)C(=O)N1OS(=O)(=O)O. The molecule has 22 heteroatoms. The van der Waals surface area contributed by atoms with Crippen molar-refractivity contribution in [2.75, 3.05) is 12.3 Å². The van der Waals surface area contributed by atoms with E-state index in [1.54, 1.807) is 18.2 Å². The number of β-lactam (4-membered cyclic amide) rings is 1. The molecule has 2 amide bonds. The maximum absolute atomic E-state index is 13.5. The Morgan fingerprint density at radius 2 is 2.00 bits per heavy atom. The molecule has 1 saturated carbocycles. The number of amides is 2. The molecule has 1 aliphatic carbocycles. The second-order valence-electron chi connectivity index (χ2n) is 13.7. The Kier molecular flexibility index (Phi) is 10.6. The molecule has 20 nitrogen and oxygen atoms in total. The molecule has 1 aromatic carbocycles. The predicted molar refractivity (Wildman–Crippen MR) is 182 cm³/mol. The van der Waals surface area contributed by atoms with Crippen LogP contribution in [-0.2, 0) is 40.3 Å². The van der Waals surface area contributed by atoms with Gasteiger partial charge in [0.1, 0.15) is 23.3 Å². The number of anilines is 1. The second-order valence-corrected chi connectivity index (χ2v) is 15.6. The summed E-state index contributed by atoms with van der Waals surface area (Å²) in [5.74, 6) is -3.03. The Labute approximate surface area is 301 Å². The van der Waals surface area contributed by atoms with E-state index >= 15 is 0 Å². The van der Waals surface area contributed by atoms with Crippen molar-refractivity contribution >= 4 is 56.2 Å². The number of nitrogen functional groups attached to an aromatic ring is 1. The molecule has 1 aromatic heterocycles. The fraction of sp³-hybridized carbons (Fsp3) is 0.533. The predicted octanol–water partition coefficient (Wildman–Crippen LogP) is -0.959. The number of amidine groups is 1. The molecule has 0 radical (unpaired) electrons. The number of benzene rings is 1. The number of nitrogens with zero attached hydrogens (tertiary/aromatic N) is 3. The number of hydrogen-bond donors (Lipinski definition) is 9. The van der Waals surface area contributed by atoms with Crippen molar-refractivity contribution in [3.05, 3.63) is 40.4 Å². The van der Waals surface area contributed by atoms with Crippen molar-refractivity contribution in [1.29, 1.82) is 5.41 Å². The van der Waals surface area contributed by atoms with Crippen molar-refractivity contribution in [3.63, 3.8) is 0 Å². The highest BCUT2D eigenvalue weighted by Gasteiger charge is 2.58. The summed E-state index contributed by atoms with van der Waals surface area (Å²) >= 11 is 0.946. The maximum atomic E-state index is 13.5. The second kappa shape index (κ2) is 14.2. The number of oxime groups is 1. The summed E-state index contributed by atoms with van der Waals surface area (Å²) < 4.78 is 41.7. The van der Waals surface area contributed by atoms with Crippen molar-refractivity contribution in [3.8, 4) is 5.75 Å². The van der Waals surface area contributed by atoms with E-state index in [0.29, 0.717) is 41.2 Å². The molecule has 11 N–H and O–H groups in total. The van der Waals surface area contributed by atoms with E-state index in [4.69, 9.17) is 36.1 Å². The number of aryl methyl sites for hydroxylation is 1. The zero-order valence-corrected chi connectivity index (χ0v) is 29.9. The zero-order chi connectivity index (χ0) is 38.4. The van der Waals surface area contributed by atoms with Gasteiger partial charge in [0.05, 0.1) is 18.2 Å². The molecule has 3 aliphatic rings. The van der Waals surface area contributed by atoms with Crippen molar-refractivity contribution in [2.45, 2.75) is 93.8 Å². The van der Waals surface area contributed by atoms with Gasteiger partial charge in [-0.05, 0) is 76.6 Å². The Hall–Kier alpha value is -4.45. The number of thiazole rings is 1. The molecule has 52 heavy (non-hydrogen) atoms. The van der Waals surface area contributed by atoms with Crippen LogP contribution in [0.2, 0.25) is 0 Å². The molecule has 0 unspecified atom stereocenters. The molecule has 284 valence electrons. The van der Waals surface area contributed by atoms with Gasteiger partial charge in [0, 0.05) is 22.5 Å². The lowest BCUT2D eigenvalue weighted by molar-refractivity contribution is -0.218. The van der Waals surface area contributed by atoms with Gasteiger partial charge in [-0.1, -0.05) is 5.16 Å². The van der Waals surface area contributed by atoms with Crippen LogP contribution in [-0.4, -0.2) is 115 Å². The minimum atomic E-state index is -5.05. The van der Waals surface area contributed by atoms with E-state index in [1.165, 1.54) is 26.2 Å². The first-order chi connectivity index (χ1) is 24.2. The summed E-state index contributed by atoms with van der Waals surface area (Å²) in [7, 11) is -5.05. The highest BCUT2D eigenvalue weighted by molar-refractivity contribution is 7.80. The van der Waals surface area contributed by atoms with Crippen LogP contribution in [0, 0.1) is 5.41 Å². The highest BCUT2D eigenvalue weighted by Crippen LogP contribution is 2.37. The molecular weight excluding hydrogens is 729 g/mol. The standard InChI is InChI=1S/C30H40N8O12S2/c1-28(2)22(25(42)38(28)50-52(45,46)47)36-24(41)21(18-13-51-27(32)35-18)37-49-29(3,26(43)44)20-7-5-14-8-15(4-6-19(14)48-20)23(31)34-16-9-30(33,10-16)11-17(40)12-39/h4,6,8,13,16-17,20,22,39-40H,5,7,9-12,33H2,1-3H3,(H2,31,34)(H2,32,35)(H,36,41)(H,43,44)(H,45,46,47)/b37-21-/t16?,17-,20-,22-,29+,30?/m1/s1. The summed E-state index contributed by atoms with van der Waals surface area (Å²) in [6.07, 6.45) is -0.269. The molecular formula is C30H40N8O12S2. The van der Waals surface area contributed by atoms with Gasteiger partial charge in [0.2, 0.25) is 0 Å². The van der Waals surface area contributed by atoms with Gasteiger partial charge in [0.15, 0.2) is 16.9 Å². The molecule has 4 atom stereocenters. The number of aliphatic hydroxyl groups excluding tert-OH is 2. The largest absolute Gasteiger partial charge is 0.485 e. The van der Waals surface area contributed by atoms with Crippen LogP contribution in [0.4, 0.5) is 5.13 Å². The van der Waals surface area contributed by atoms with Gasteiger partial charge in [-0.2, -0.15) is 13.5 Å². The van der Waals surface area contributed by atoms with Gasteiger partial charge in [-0.25, -0.2) is 9.78 Å². The van der Waals surface area contributed by atoms with Crippen LogP contribution in [0.25, 0.3) is 0 Å². The number of hydrogen-bond acceptors (Lipinski definition) is 16. The van der Waals surface area contributed by atoms with Crippen molar-refractivity contribution < 1.29 is 56.5 Å². The molecule has 0 spiro atoms. The Morgan fingerprint density at radius 3 is 2.58 bits per heavy atom. The number of aliphatic hydroxyl groups is 2. The average Bonchev–Trinajstić information content (AvgIpc) is 3.49. The van der Waals surface area contributed by atoms with Gasteiger partial charge in [-0.3, -0.25) is 19.6 Å². The summed E-state index contributed by atoms with van der Waals surface area (Å²) in [5, 5.41) is 48.8. The summed E-state index contributed by atoms with van der Waals surface area (Å²) in [6.45, 7) is 3.55. The fourth-order valence-corrected chi connectivity index (χ4v) is 7.34. The first-order valence-electron chi connectivity index (χ1n) is 15.9. The number of ether oxygens (including phenoxy) is 1. The molecule has 5 rings (SSSR count). The molecule has 3 heterocycles. The minimum Gasteiger partial charge on any atom is -0.485 e. The average molecular weight is 769 g/mol. The van der Waals surface area contributed by atoms with Crippen LogP contribution >= 0.6 is 11.3 Å². The summed E-state index contributed by atoms with van der Waals surface area (Å²) in [5.41, 5.74) is 8.39. The molecule has 2 aromatic rings. The van der Waals surface area contributed by atoms with Gasteiger partial charge in [0.25, 0.3) is 17.4 Å². The number of fused-ring (bicyclic) bond motifs is 1. The number of aliphatic carboxylic acids is 1. The number of hydroxylamine groups is 2. The summed E-state index contributed by atoms with van der Waals surface area (Å²) in [6, 6.07) is 3.55. The number of nitrogens with two attached hydrogens (primary N) is 2. The third-order valence-electron chi connectivity index (χ3n) is 9.27. The number of carbonyl (C=O) groups is 3. The monoisotopic (exact) mass is 768 g/mol. The molecule has 1 saturated heterocycles. The quantitative estimate of drug-likeness (QED) is 0.0367. The van der Waals surface area contributed by atoms with Gasteiger partial charge < -0.3 is 47.0 Å². The number of carbonyl (C=O) groups excluding carboxylic acids is 2. The van der Waals surface area contributed by atoms with E-state index < -0.39 is 68.8 Å². The fourth-order valence-electron chi connectivity index (χ4n) is 6.34. The number of carboxylic acids is 1. The van der Waals surface area contributed by atoms with Crippen LogP contribution in [0.15, 0.2) is 28.7 Å². The first-order valence-corrected chi connectivity index (χ1v) is 18.2. The van der Waals surface area contributed by atoms with Gasteiger partial charge >= 0.3 is 16.4 Å². The number of rotatable bonds is 14. The van der Waals surface area contributed by atoms with E-state index in [9.17, 15) is 33.0 Å². The Balaban J connectivity index is 1.28. The molecule has 0 bridgehead atoms. The Morgan fingerprint density at radius 1 is 1.31 bits per heavy atom. The van der Waals surface area contributed by atoms with Crippen LogP contribution in [0.3, 0.4) is 0 Å². The number of carboxylic acid groups (broad SMARTS) is 1. The third kappa shape index (κ3) is 7.96. The lowest BCUT2D eigenvalue weighted by atomic mass is 9.70. The van der Waals surface area contributed by atoms with Crippen LogP contribution in [0.1, 0.15) is 63.3 Å². The van der Waals surface area contributed by atoms with Crippen LogP contribution in [0.5, 0.6) is 5.75 Å². The van der Waals surface area contributed by atoms with E-state index in [2.05, 4.69) is 25.1 Å². The van der Waals surface area contributed by atoms with E-state index in [-0.39, 0.29) is 42.2 Å². The normalized spacial score (nSPS) is 25.7. The third-order valence-corrected chi connectivity index (χ3v) is 10.3. The smallest absolute Gasteiger partial charge is 0.418 e. The van der Waals surface area contributed by atoms with Crippen LogP contribution < -0.4 is 26.8 Å². The first kappa shape index (κ1) is 38.8. The van der Waals surface area contributed by atoms with Crippen molar-refractivity contribution in [1.82, 2.24) is 20.7 Å². The van der Waals surface area contributed by atoms with Gasteiger partial charge in [-0.15, -0.1) is 15.6 Å². The van der Waals surface area contributed by atoms with Crippen molar-refractivity contribution in [2.24, 2.45) is 10.9 Å². The Bertz CT molecular complexity index is 1900. The molecule has 2 fully saturated rings. The highest BCUT2D eigenvalue weighted by atomic mass is 32.3. The number of aromatic nitrogens is 1. The number of nitrogens with one attached hydrogen (secondary N) is 3. The molecule has 2 aliphatic heterocycles. The lowest BCUT2D eigenvalue weighted by Gasteiger charge is -2.50. The summed E-state index contributed by atoms with van der Waals surface area (Å²) in [4.78, 5) is 48.4. The van der Waals surface area contributed by atoms with E-state index in [1.807, 2.05) is 0 Å². The minimum absolute atomic E-state index is 0.0391. The lowest BCUT2D eigenvalue weighted by Crippen LogP contribution is -2.76.